The number of hydrogen-bond acceptors (Lipinski definition) is 9. The fourth-order valence-corrected chi connectivity index (χ4v) is 5.58. The molecule has 1 aliphatic heterocycles. The number of nitrogens with one attached hydrogen (secondary N) is 1. The maximum absolute atomic E-state index is 15.1. The predicted octanol–water partition coefficient (Wildman–Crippen LogP) is 3.11. The molecule has 3 aromatic carbocycles. The molecule has 13 heteroatoms. The van der Waals surface area contributed by atoms with Crippen molar-refractivity contribution in [3.63, 3.8) is 0 Å². The molecule has 1 aliphatic rings. The zero-order valence-corrected chi connectivity index (χ0v) is 23.4. The minimum Gasteiger partial charge on any atom is -0.394 e. The lowest BCUT2D eigenvalue weighted by atomic mass is 9.76. The number of ether oxygens (including phenoxy) is 1. The monoisotopic (exact) mass is 601 g/mol. The number of aryl methyl sites for hydroxylation is 1. The lowest BCUT2D eigenvalue weighted by Crippen LogP contribution is -2.39. The number of anilines is 2. The zero-order valence-electron chi connectivity index (χ0n) is 23.4. The highest BCUT2D eigenvalue weighted by Gasteiger charge is 2.59. The topological polar surface area (TPSA) is 174 Å². The number of nitrogens with zero attached hydrogens (tertiary/aromatic N) is 4. The highest BCUT2D eigenvalue weighted by Crippen LogP contribution is 2.45. The Kier molecular flexibility index (Phi) is 7.24. The summed E-state index contributed by atoms with van der Waals surface area (Å²) in [6.07, 6.45) is -4.67. The van der Waals surface area contributed by atoms with Gasteiger partial charge in [-0.2, -0.15) is 18.7 Å². The van der Waals surface area contributed by atoms with Crippen LogP contribution in [-0.4, -0.2) is 60.4 Å². The summed E-state index contributed by atoms with van der Waals surface area (Å²) in [5, 5.41) is 23.1. The Morgan fingerprint density at radius 2 is 1.64 bits per heavy atom. The molecule has 4 atom stereocenters. The molecule has 0 radical (unpaired) electrons. The van der Waals surface area contributed by atoms with Gasteiger partial charge < -0.3 is 31.7 Å². The van der Waals surface area contributed by atoms with E-state index in [1.165, 1.54) is 0 Å². The smallest absolute Gasteiger partial charge is 0.320 e. The number of primary amides is 1. The average molecular weight is 602 g/mol. The van der Waals surface area contributed by atoms with E-state index in [1.54, 1.807) is 24.3 Å². The van der Waals surface area contributed by atoms with Crippen LogP contribution in [0.5, 0.6) is 0 Å². The summed E-state index contributed by atoms with van der Waals surface area (Å²) in [6.45, 7) is 1.15. The number of alkyl halides is 2. The number of nitrogens with two attached hydrogens (primary N) is 2. The summed E-state index contributed by atoms with van der Waals surface area (Å²) >= 11 is 0. The van der Waals surface area contributed by atoms with E-state index in [2.05, 4.69) is 20.3 Å². The van der Waals surface area contributed by atoms with E-state index in [-0.39, 0.29) is 22.9 Å². The lowest BCUT2D eigenvalue weighted by Gasteiger charge is -2.37. The highest BCUT2D eigenvalue weighted by molar-refractivity contribution is 5.93. The van der Waals surface area contributed by atoms with Crippen LogP contribution < -0.4 is 16.8 Å². The zero-order chi connectivity index (χ0) is 31.2. The maximum atomic E-state index is 15.1. The molecule has 1 saturated heterocycles. The summed E-state index contributed by atoms with van der Waals surface area (Å²) in [5.41, 5.74) is 14.1. The molecular weight excluding hydrogens is 572 g/mol. The van der Waals surface area contributed by atoms with Gasteiger partial charge in [0.1, 0.15) is 11.6 Å². The first-order valence-electron chi connectivity index (χ1n) is 13.7. The standard InChI is InChI=1S/C31H29F2N7O4/c1-17-7-11-20(12-8-17)30(19-5-3-2-4-6-19,21-13-9-18(10-14-21)25(34)43)39-26-23-27(38-29(35)37-26)40(16-36-23)28-31(32,33)24(42)22(15-41)44-28/h2-14,16,22,24,28,41-42H,15H2,1H3,(H2,34,43)(H3,35,37,38,39)/t22-,24-,28-,30?/m1/s1. The Hall–Kier alpha value is -4.98. The number of fused-ring (bicyclic) bond motifs is 1. The normalized spacial score (nSPS) is 20.8. The molecule has 1 unspecified atom stereocenters. The minimum atomic E-state index is -3.77. The van der Waals surface area contributed by atoms with Crippen molar-refractivity contribution in [1.29, 1.82) is 0 Å². The van der Waals surface area contributed by atoms with Crippen LogP contribution in [0.1, 0.15) is 38.8 Å². The summed E-state index contributed by atoms with van der Waals surface area (Å²) in [4.78, 5) is 24.9. The molecule has 0 saturated carbocycles. The Morgan fingerprint density at radius 3 is 2.23 bits per heavy atom. The van der Waals surface area contributed by atoms with E-state index < -0.39 is 42.4 Å². The Balaban J connectivity index is 1.58. The van der Waals surface area contributed by atoms with Crippen LogP contribution in [0.15, 0.2) is 85.2 Å². The molecule has 2 aromatic heterocycles. The van der Waals surface area contributed by atoms with E-state index >= 15 is 8.78 Å². The van der Waals surface area contributed by atoms with E-state index in [1.807, 2.05) is 61.5 Å². The summed E-state index contributed by atoms with van der Waals surface area (Å²) < 4.78 is 36.6. The van der Waals surface area contributed by atoms with Gasteiger partial charge in [0.2, 0.25) is 18.1 Å². The Labute approximate surface area is 250 Å². The van der Waals surface area contributed by atoms with Gasteiger partial charge in [0.05, 0.1) is 12.9 Å². The van der Waals surface area contributed by atoms with E-state index in [0.717, 1.165) is 27.6 Å². The Bertz CT molecular complexity index is 1820. The van der Waals surface area contributed by atoms with Crippen LogP contribution in [0.3, 0.4) is 0 Å². The van der Waals surface area contributed by atoms with Crippen molar-refractivity contribution < 1.29 is 28.5 Å². The number of carbonyl (C=O) groups excluding carboxylic acids is 1. The fraction of sp³-hybridized carbons (Fsp3) is 0.226. The molecule has 11 nitrogen and oxygen atoms in total. The van der Waals surface area contributed by atoms with E-state index in [9.17, 15) is 15.0 Å². The summed E-state index contributed by atoms with van der Waals surface area (Å²) in [6, 6.07) is 24.0. The molecule has 44 heavy (non-hydrogen) atoms. The number of hydrogen-bond donors (Lipinski definition) is 5. The van der Waals surface area contributed by atoms with Crippen LogP contribution in [-0.2, 0) is 10.3 Å². The molecule has 0 bridgehead atoms. The van der Waals surface area contributed by atoms with Crippen molar-refractivity contribution in [3.05, 3.63) is 113 Å². The number of aliphatic hydroxyl groups excluding tert-OH is 2. The second-order valence-corrected chi connectivity index (χ2v) is 10.6. The van der Waals surface area contributed by atoms with Gasteiger partial charge in [0.15, 0.2) is 23.1 Å². The Morgan fingerprint density at radius 1 is 1.02 bits per heavy atom. The number of halogens is 2. The van der Waals surface area contributed by atoms with Crippen LogP contribution in [0.2, 0.25) is 0 Å². The van der Waals surface area contributed by atoms with Gasteiger partial charge in [-0.1, -0.05) is 72.3 Å². The van der Waals surface area contributed by atoms with Crippen LogP contribution >= 0.6 is 0 Å². The highest BCUT2D eigenvalue weighted by atomic mass is 19.3. The van der Waals surface area contributed by atoms with Crippen molar-refractivity contribution in [2.45, 2.75) is 36.8 Å². The first-order valence-corrected chi connectivity index (χ1v) is 13.7. The second kappa shape index (κ2) is 10.9. The van der Waals surface area contributed by atoms with Crippen LogP contribution in [0.25, 0.3) is 11.2 Å². The number of nitrogen functional groups attached to an aromatic ring is 1. The van der Waals surface area contributed by atoms with Crippen molar-refractivity contribution >= 4 is 28.8 Å². The number of imidazole rings is 1. The second-order valence-electron chi connectivity index (χ2n) is 10.6. The van der Waals surface area contributed by atoms with E-state index in [4.69, 9.17) is 16.2 Å². The number of amides is 1. The fourth-order valence-electron chi connectivity index (χ4n) is 5.58. The number of benzene rings is 3. The van der Waals surface area contributed by atoms with Gasteiger partial charge in [-0.3, -0.25) is 9.36 Å². The summed E-state index contributed by atoms with van der Waals surface area (Å²) in [5.74, 6) is -4.47. The third kappa shape index (κ3) is 4.71. The predicted molar refractivity (Wildman–Crippen MR) is 158 cm³/mol. The van der Waals surface area contributed by atoms with E-state index in [0.29, 0.717) is 11.1 Å². The van der Waals surface area contributed by atoms with Crippen molar-refractivity contribution in [2.24, 2.45) is 5.73 Å². The van der Waals surface area contributed by atoms with Gasteiger partial charge in [-0.25, -0.2) is 4.98 Å². The molecule has 7 N–H and O–H groups in total. The molecule has 226 valence electrons. The SMILES string of the molecule is Cc1ccc(C(Nc2nc(N)nc3c2ncn3[C@@H]2O[C@H](CO)[C@@H](O)C2(F)F)(c2ccccc2)c2ccc(C(N)=O)cc2)cc1. The average Bonchev–Trinajstić information content (AvgIpc) is 3.53. The number of aromatic nitrogens is 4. The van der Waals surface area contributed by atoms with Crippen LogP contribution in [0, 0.1) is 6.92 Å². The molecule has 6 rings (SSSR count). The van der Waals surface area contributed by atoms with Crippen LogP contribution in [0.4, 0.5) is 20.5 Å². The minimum absolute atomic E-state index is 0.0783. The van der Waals surface area contributed by atoms with Crippen molar-refractivity contribution in [2.75, 3.05) is 17.7 Å². The van der Waals surface area contributed by atoms with Gasteiger partial charge in [-0.15, -0.1) is 0 Å². The van der Waals surface area contributed by atoms with Crippen molar-refractivity contribution in [1.82, 2.24) is 19.5 Å². The molecular formula is C31H29F2N7O4. The first-order chi connectivity index (χ1) is 21.1. The number of rotatable bonds is 8. The molecule has 0 spiro atoms. The molecule has 5 aromatic rings. The van der Waals surface area contributed by atoms with Gasteiger partial charge >= 0.3 is 5.92 Å². The number of aliphatic hydroxyl groups is 2. The largest absolute Gasteiger partial charge is 0.394 e. The molecule has 1 amide bonds. The quantitative estimate of drug-likeness (QED) is 0.167. The van der Waals surface area contributed by atoms with Gasteiger partial charge in [0, 0.05) is 5.56 Å². The molecule has 1 fully saturated rings. The van der Waals surface area contributed by atoms with Gasteiger partial charge in [0.25, 0.3) is 0 Å². The first kappa shape index (κ1) is 29.1. The molecule has 3 heterocycles. The number of carbonyl (C=O) groups is 1. The van der Waals surface area contributed by atoms with Gasteiger partial charge in [-0.05, 0) is 35.7 Å². The third-order valence-corrected chi connectivity index (χ3v) is 7.85. The third-order valence-electron chi connectivity index (χ3n) is 7.85. The maximum Gasteiger partial charge on any atom is 0.320 e. The lowest BCUT2D eigenvalue weighted by molar-refractivity contribution is -0.138. The van der Waals surface area contributed by atoms with Crippen molar-refractivity contribution in [3.8, 4) is 0 Å². The summed E-state index contributed by atoms with van der Waals surface area (Å²) in [7, 11) is 0. The molecule has 0 aliphatic carbocycles.